The largest absolute Gasteiger partial charge is 0.393 e. The van der Waals surface area contributed by atoms with E-state index in [0.29, 0.717) is 19.3 Å². The molecule has 4 aliphatic rings. The van der Waals surface area contributed by atoms with Crippen LogP contribution in [0.25, 0.3) is 0 Å². The van der Waals surface area contributed by atoms with Gasteiger partial charge in [-0.2, -0.15) is 0 Å². The molecule has 190 valence electrons. The Morgan fingerprint density at radius 1 is 0.970 bits per heavy atom. The number of hydrogen-bond donors (Lipinski definition) is 5. The monoisotopic (exact) mass is 466 g/mol. The highest BCUT2D eigenvalue weighted by atomic mass is 16.3. The van der Waals surface area contributed by atoms with Gasteiger partial charge < -0.3 is 25.5 Å². The van der Waals surface area contributed by atoms with Gasteiger partial charge in [0, 0.05) is 18.8 Å². The molecule has 4 aliphatic carbocycles. The first-order chi connectivity index (χ1) is 15.3. The number of carbonyl (C=O) groups is 1. The van der Waals surface area contributed by atoms with Crippen molar-refractivity contribution in [1.29, 1.82) is 0 Å². The summed E-state index contributed by atoms with van der Waals surface area (Å²) in [7, 11) is 0. The Bertz CT molecular complexity index is 755. The molecule has 0 bridgehead atoms. The van der Waals surface area contributed by atoms with Gasteiger partial charge in [-0.15, -0.1) is 0 Å². The summed E-state index contributed by atoms with van der Waals surface area (Å²) < 4.78 is 0. The minimum absolute atomic E-state index is 0.0842. The second kappa shape index (κ2) is 8.55. The number of hydrogen-bond acceptors (Lipinski definition) is 6. The van der Waals surface area contributed by atoms with Crippen molar-refractivity contribution in [2.45, 2.75) is 116 Å². The standard InChI is InChI=1S/C27H46O6/c1-14(2)17(28)7-6-15(3)16-12-19(30)24-25(16,4)11-9-21-26(5)10-8-18(29)23(32)22(26)20(31)13-27(21,24)33/h14-18,20-24,28-29,31-33H,6-13H2,1-5H3/t15-,16-,17+,18+,20+,21-,22+,23+,24-,25-,26-,27+/m1/s1. The summed E-state index contributed by atoms with van der Waals surface area (Å²) >= 11 is 0. The van der Waals surface area contributed by atoms with Crippen LogP contribution in [0.5, 0.6) is 0 Å². The highest BCUT2D eigenvalue weighted by molar-refractivity contribution is 5.86. The lowest BCUT2D eigenvalue weighted by atomic mass is 9.41. The van der Waals surface area contributed by atoms with Gasteiger partial charge in [-0.25, -0.2) is 0 Å². The summed E-state index contributed by atoms with van der Waals surface area (Å²) in [6.07, 6.45) is 1.64. The molecule has 5 N–H and O–H groups in total. The van der Waals surface area contributed by atoms with Gasteiger partial charge >= 0.3 is 0 Å². The Hall–Kier alpha value is -0.530. The van der Waals surface area contributed by atoms with Crippen molar-refractivity contribution in [3.8, 4) is 0 Å². The maximum Gasteiger partial charge on any atom is 0.139 e. The first kappa shape index (κ1) is 25.6. The van der Waals surface area contributed by atoms with Gasteiger partial charge in [-0.1, -0.05) is 34.6 Å². The zero-order valence-corrected chi connectivity index (χ0v) is 21.1. The van der Waals surface area contributed by atoms with Crippen molar-refractivity contribution in [2.24, 2.45) is 46.3 Å². The quantitative estimate of drug-likeness (QED) is 0.425. The molecular formula is C27H46O6. The lowest BCUT2D eigenvalue weighted by molar-refractivity contribution is -0.269. The van der Waals surface area contributed by atoms with E-state index in [1.807, 2.05) is 20.8 Å². The Labute approximate surface area is 198 Å². The molecule has 0 saturated heterocycles. The van der Waals surface area contributed by atoms with Crippen LogP contribution in [0.15, 0.2) is 0 Å². The normalized spacial score (nSPS) is 51.6. The molecule has 0 aliphatic heterocycles. The number of rotatable bonds is 5. The molecule has 0 aromatic rings. The second-order valence-electron chi connectivity index (χ2n) is 13.1. The summed E-state index contributed by atoms with van der Waals surface area (Å²) in [6, 6.07) is 0. The Balaban J connectivity index is 1.62. The van der Waals surface area contributed by atoms with E-state index >= 15 is 0 Å². The average Bonchev–Trinajstić information content (AvgIpc) is 3.00. The molecule has 6 nitrogen and oxygen atoms in total. The van der Waals surface area contributed by atoms with Crippen LogP contribution < -0.4 is 0 Å². The highest BCUT2D eigenvalue weighted by Crippen LogP contribution is 2.69. The smallest absolute Gasteiger partial charge is 0.139 e. The minimum atomic E-state index is -1.29. The molecule has 6 heteroatoms. The van der Waals surface area contributed by atoms with E-state index in [-0.39, 0.29) is 47.4 Å². The predicted molar refractivity (Wildman–Crippen MR) is 125 cm³/mol. The number of ketones is 1. The third-order valence-electron chi connectivity index (χ3n) is 10.9. The van der Waals surface area contributed by atoms with E-state index in [0.717, 1.165) is 25.7 Å². The number of fused-ring (bicyclic) bond motifs is 5. The number of carbonyl (C=O) groups excluding carboxylic acids is 1. The van der Waals surface area contributed by atoms with Crippen molar-refractivity contribution in [1.82, 2.24) is 0 Å². The molecule has 0 aromatic heterocycles. The van der Waals surface area contributed by atoms with E-state index < -0.39 is 41.2 Å². The van der Waals surface area contributed by atoms with Crippen LogP contribution >= 0.6 is 0 Å². The van der Waals surface area contributed by atoms with Crippen LogP contribution in [-0.2, 0) is 4.79 Å². The molecule has 12 atom stereocenters. The predicted octanol–water partition coefficient (Wildman–Crippen LogP) is 2.67. The van der Waals surface area contributed by atoms with Crippen molar-refractivity contribution in [3.05, 3.63) is 0 Å². The Kier molecular flexibility index (Phi) is 6.62. The minimum Gasteiger partial charge on any atom is -0.393 e. The van der Waals surface area contributed by atoms with E-state index in [1.54, 1.807) is 0 Å². The SMILES string of the molecule is CC(C)[C@@H](O)CC[C@@H](C)[C@H]1CC(=O)[C@@H]2[C@]1(C)CC[C@@H]1[C@@]3(C)CC[C@H](O)[C@H](O)[C@@H]3[C@@H](O)C[C@]12O. The molecule has 0 heterocycles. The first-order valence-corrected chi connectivity index (χ1v) is 13.2. The third kappa shape index (κ3) is 3.74. The summed E-state index contributed by atoms with van der Waals surface area (Å²) in [6.45, 7) is 10.4. The molecular weight excluding hydrogens is 420 g/mol. The van der Waals surface area contributed by atoms with Crippen molar-refractivity contribution in [3.63, 3.8) is 0 Å². The van der Waals surface area contributed by atoms with Crippen LogP contribution in [0.4, 0.5) is 0 Å². The molecule has 0 amide bonds. The topological polar surface area (TPSA) is 118 Å². The van der Waals surface area contributed by atoms with Crippen molar-refractivity contribution < 1.29 is 30.3 Å². The fourth-order valence-corrected chi connectivity index (χ4v) is 9.18. The maximum atomic E-state index is 13.5. The average molecular weight is 467 g/mol. The van der Waals surface area contributed by atoms with Gasteiger partial charge in [0.05, 0.1) is 35.9 Å². The second-order valence-corrected chi connectivity index (χ2v) is 13.1. The van der Waals surface area contributed by atoms with E-state index in [9.17, 15) is 30.3 Å². The summed E-state index contributed by atoms with van der Waals surface area (Å²) in [5, 5.41) is 54.7. The van der Waals surface area contributed by atoms with E-state index in [2.05, 4.69) is 13.8 Å². The maximum absolute atomic E-state index is 13.5. The zero-order valence-electron chi connectivity index (χ0n) is 21.1. The van der Waals surface area contributed by atoms with Gasteiger partial charge in [-0.05, 0) is 73.0 Å². The van der Waals surface area contributed by atoms with Crippen LogP contribution in [0.2, 0.25) is 0 Å². The molecule has 0 aromatic carbocycles. The fourth-order valence-electron chi connectivity index (χ4n) is 9.18. The Morgan fingerprint density at radius 3 is 2.24 bits per heavy atom. The number of aliphatic hydroxyl groups excluding tert-OH is 4. The lowest BCUT2D eigenvalue weighted by Gasteiger charge is -2.65. The summed E-state index contributed by atoms with van der Waals surface area (Å²) in [5.41, 5.74) is -2.14. The lowest BCUT2D eigenvalue weighted by Crippen LogP contribution is -2.70. The molecule has 33 heavy (non-hydrogen) atoms. The summed E-state index contributed by atoms with van der Waals surface area (Å²) in [5.74, 6) is -0.441. The van der Waals surface area contributed by atoms with Gasteiger partial charge in [0.2, 0.25) is 0 Å². The molecule has 0 unspecified atom stereocenters. The van der Waals surface area contributed by atoms with Crippen molar-refractivity contribution in [2.75, 3.05) is 0 Å². The van der Waals surface area contributed by atoms with Crippen molar-refractivity contribution >= 4 is 5.78 Å². The Morgan fingerprint density at radius 2 is 1.61 bits per heavy atom. The van der Waals surface area contributed by atoms with Gasteiger partial charge in [-0.3, -0.25) is 4.79 Å². The van der Waals surface area contributed by atoms with Crippen LogP contribution in [0.3, 0.4) is 0 Å². The number of Topliss-reactive ketones (excluding diaryl/α,β-unsaturated/α-hetero) is 1. The van der Waals surface area contributed by atoms with Gasteiger partial charge in [0.15, 0.2) is 0 Å². The van der Waals surface area contributed by atoms with E-state index in [4.69, 9.17) is 0 Å². The van der Waals surface area contributed by atoms with Crippen LogP contribution in [0, 0.1) is 46.3 Å². The van der Waals surface area contributed by atoms with Gasteiger partial charge in [0.1, 0.15) is 5.78 Å². The summed E-state index contributed by atoms with van der Waals surface area (Å²) in [4.78, 5) is 13.5. The highest BCUT2D eigenvalue weighted by Gasteiger charge is 2.71. The third-order valence-corrected chi connectivity index (χ3v) is 10.9. The number of aliphatic hydroxyl groups is 5. The van der Waals surface area contributed by atoms with Crippen LogP contribution in [0.1, 0.15) is 86.0 Å². The molecule has 0 radical (unpaired) electrons. The molecule has 4 fully saturated rings. The molecule has 4 rings (SSSR count). The zero-order chi connectivity index (χ0) is 24.5. The first-order valence-electron chi connectivity index (χ1n) is 13.2. The molecule has 4 saturated carbocycles. The van der Waals surface area contributed by atoms with Crippen LogP contribution in [-0.4, -0.2) is 61.3 Å². The van der Waals surface area contributed by atoms with Gasteiger partial charge in [0.25, 0.3) is 0 Å². The fraction of sp³-hybridized carbons (Fsp3) is 0.963. The van der Waals surface area contributed by atoms with E-state index in [1.165, 1.54) is 0 Å². The molecule has 0 spiro atoms.